The van der Waals surface area contributed by atoms with Gasteiger partial charge in [0, 0.05) is 24.3 Å². The molecule has 21 heavy (non-hydrogen) atoms. The van der Waals surface area contributed by atoms with E-state index in [0.29, 0.717) is 30.1 Å². The summed E-state index contributed by atoms with van der Waals surface area (Å²) in [6.07, 6.45) is 3.24. The number of hydrogen-bond donors (Lipinski definition) is 1. The van der Waals surface area contributed by atoms with Crippen LogP contribution in [-0.2, 0) is 9.59 Å². The van der Waals surface area contributed by atoms with Crippen LogP contribution >= 0.6 is 11.6 Å². The molecule has 1 aliphatic carbocycles. The van der Waals surface area contributed by atoms with Crippen molar-refractivity contribution >= 4 is 29.1 Å². The molecule has 0 spiro atoms. The van der Waals surface area contributed by atoms with Gasteiger partial charge in [-0.1, -0.05) is 24.9 Å². The molecular formula is C16H21ClN2O2. The van der Waals surface area contributed by atoms with Crippen LogP contribution in [0.3, 0.4) is 0 Å². The number of benzene rings is 1. The van der Waals surface area contributed by atoms with Crippen LogP contribution in [-0.4, -0.2) is 30.3 Å². The average Bonchev–Trinajstić information content (AvgIpc) is 3.28. The summed E-state index contributed by atoms with van der Waals surface area (Å²) in [5, 5.41) is 3.43. The first-order valence-electron chi connectivity index (χ1n) is 7.32. The van der Waals surface area contributed by atoms with Crippen LogP contribution in [0.5, 0.6) is 0 Å². The van der Waals surface area contributed by atoms with Crippen molar-refractivity contribution in [2.45, 2.75) is 32.6 Å². The Hall–Kier alpha value is -1.55. The van der Waals surface area contributed by atoms with Gasteiger partial charge in [0.05, 0.1) is 0 Å². The van der Waals surface area contributed by atoms with E-state index in [9.17, 15) is 9.59 Å². The van der Waals surface area contributed by atoms with Crippen molar-refractivity contribution in [1.82, 2.24) is 4.90 Å². The number of anilines is 1. The smallest absolute Gasteiger partial charge is 0.240 e. The molecule has 114 valence electrons. The molecule has 1 aromatic carbocycles. The Labute approximate surface area is 130 Å². The largest absolute Gasteiger partial charge is 0.345 e. The molecule has 0 radical (unpaired) electrons. The molecule has 0 bridgehead atoms. The Bertz CT molecular complexity index is 524. The highest BCUT2D eigenvalue weighted by Crippen LogP contribution is 2.48. The van der Waals surface area contributed by atoms with E-state index in [1.54, 1.807) is 36.2 Å². The van der Waals surface area contributed by atoms with Crippen molar-refractivity contribution in [2.24, 2.45) is 5.41 Å². The second-order valence-electron chi connectivity index (χ2n) is 5.62. The van der Waals surface area contributed by atoms with E-state index < -0.39 is 5.41 Å². The highest BCUT2D eigenvalue weighted by Gasteiger charge is 2.57. The molecule has 0 saturated heterocycles. The highest BCUT2D eigenvalue weighted by molar-refractivity contribution is 6.30. The van der Waals surface area contributed by atoms with Gasteiger partial charge in [-0.3, -0.25) is 9.59 Å². The first-order valence-corrected chi connectivity index (χ1v) is 7.70. The van der Waals surface area contributed by atoms with Gasteiger partial charge < -0.3 is 10.2 Å². The fourth-order valence-corrected chi connectivity index (χ4v) is 2.44. The zero-order valence-electron chi connectivity index (χ0n) is 12.5. The van der Waals surface area contributed by atoms with Crippen LogP contribution in [0.4, 0.5) is 5.69 Å². The fraction of sp³-hybridized carbons (Fsp3) is 0.500. The Balaban J connectivity index is 2.00. The molecule has 0 heterocycles. The third-order valence-electron chi connectivity index (χ3n) is 3.89. The van der Waals surface area contributed by atoms with Crippen molar-refractivity contribution in [2.75, 3.05) is 18.9 Å². The van der Waals surface area contributed by atoms with Crippen LogP contribution < -0.4 is 5.32 Å². The Morgan fingerprint density at radius 3 is 2.43 bits per heavy atom. The minimum Gasteiger partial charge on any atom is -0.345 e. The number of unbranched alkanes of at least 4 members (excludes halogenated alkanes) is 1. The summed E-state index contributed by atoms with van der Waals surface area (Å²) in [6.45, 7) is 2.78. The lowest BCUT2D eigenvalue weighted by atomic mass is 10.0. The number of nitrogens with zero attached hydrogens (tertiary/aromatic N) is 1. The SMILES string of the molecule is CCCCN(C)C(=O)C1(C(=O)Nc2ccc(Cl)cc2)CC1. The lowest BCUT2D eigenvalue weighted by Crippen LogP contribution is -2.41. The minimum absolute atomic E-state index is 0.0672. The number of carbonyl (C=O) groups is 2. The standard InChI is InChI=1S/C16H21ClN2O2/c1-3-4-11-19(2)15(21)16(9-10-16)14(20)18-13-7-5-12(17)6-8-13/h5-8H,3-4,9-11H2,1-2H3,(H,18,20). The predicted octanol–water partition coefficient (Wildman–Crippen LogP) is 3.32. The lowest BCUT2D eigenvalue weighted by molar-refractivity contribution is -0.141. The number of rotatable bonds is 6. The van der Waals surface area contributed by atoms with Gasteiger partial charge in [0.1, 0.15) is 5.41 Å². The molecule has 2 rings (SSSR count). The summed E-state index contributed by atoms with van der Waals surface area (Å²) < 4.78 is 0. The van der Waals surface area contributed by atoms with Gasteiger partial charge in [-0.15, -0.1) is 0 Å². The number of nitrogens with one attached hydrogen (secondary N) is 1. The first-order chi connectivity index (χ1) is 9.99. The molecule has 1 fully saturated rings. The van der Waals surface area contributed by atoms with E-state index in [1.807, 2.05) is 0 Å². The monoisotopic (exact) mass is 308 g/mol. The van der Waals surface area contributed by atoms with E-state index in [0.717, 1.165) is 12.8 Å². The van der Waals surface area contributed by atoms with E-state index in [1.165, 1.54) is 0 Å². The minimum atomic E-state index is -0.859. The fourth-order valence-electron chi connectivity index (χ4n) is 2.31. The summed E-state index contributed by atoms with van der Waals surface area (Å²) in [6, 6.07) is 6.90. The van der Waals surface area contributed by atoms with Gasteiger partial charge in [-0.2, -0.15) is 0 Å². The van der Waals surface area contributed by atoms with Gasteiger partial charge in [0.2, 0.25) is 11.8 Å². The van der Waals surface area contributed by atoms with Crippen LogP contribution in [0.25, 0.3) is 0 Å². The number of hydrogen-bond acceptors (Lipinski definition) is 2. The first kappa shape index (κ1) is 15.8. The summed E-state index contributed by atoms with van der Waals surface area (Å²) in [7, 11) is 1.77. The van der Waals surface area contributed by atoms with Crippen LogP contribution in [0.2, 0.25) is 5.02 Å². The van der Waals surface area contributed by atoms with E-state index in [-0.39, 0.29) is 11.8 Å². The van der Waals surface area contributed by atoms with Gasteiger partial charge in [-0.25, -0.2) is 0 Å². The van der Waals surface area contributed by atoms with Gasteiger partial charge in [-0.05, 0) is 43.5 Å². The van der Waals surface area contributed by atoms with Gasteiger partial charge in [0.25, 0.3) is 0 Å². The molecule has 1 aromatic rings. The van der Waals surface area contributed by atoms with Crippen molar-refractivity contribution < 1.29 is 9.59 Å². The second kappa shape index (κ2) is 6.48. The quantitative estimate of drug-likeness (QED) is 0.820. The maximum absolute atomic E-state index is 12.5. The molecule has 0 atom stereocenters. The molecule has 0 aromatic heterocycles. The van der Waals surface area contributed by atoms with Crippen molar-refractivity contribution in [3.63, 3.8) is 0 Å². The third-order valence-corrected chi connectivity index (χ3v) is 4.14. The summed E-state index contributed by atoms with van der Waals surface area (Å²) in [5.74, 6) is -0.277. The number of halogens is 1. The van der Waals surface area contributed by atoms with E-state index >= 15 is 0 Å². The van der Waals surface area contributed by atoms with Crippen LogP contribution in [0, 0.1) is 5.41 Å². The molecule has 2 amide bonds. The second-order valence-corrected chi connectivity index (χ2v) is 6.06. The van der Waals surface area contributed by atoms with Crippen LogP contribution in [0.15, 0.2) is 24.3 Å². The van der Waals surface area contributed by atoms with Crippen molar-refractivity contribution in [3.8, 4) is 0 Å². The zero-order chi connectivity index (χ0) is 15.5. The highest BCUT2D eigenvalue weighted by atomic mass is 35.5. The summed E-state index contributed by atoms with van der Waals surface area (Å²) >= 11 is 5.82. The van der Waals surface area contributed by atoms with E-state index in [2.05, 4.69) is 12.2 Å². The molecule has 1 N–H and O–H groups in total. The maximum Gasteiger partial charge on any atom is 0.240 e. The lowest BCUT2D eigenvalue weighted by Gasteiger charge is -2.23. The maximum atomic E-state index is 12.5. The number of amides is 2. The Morgan fingerprint density at radius 2 is 1.90 bits per heavy atom. The van der Waals surface area contributed by atoms with Crippen molar-refractivity contribution in [1.29, 1.82) is 0 Å². The molecular weight excluding hydrogens is 288 g/mol. The van der Waals surface area contributed by atoms with Crippen molar-refractivity contribution in [3.05, 3.63) is 29.3 Å². The predicted molar refractivity (Wildman–Crippen MR) is 84.3 cm³/mol. The molecule has 1 saturated carbocycles. The molecule has 1 aliphatic rings. The Kier molecular flexibility index (Phi) is 4.88. The molecule has 4 nitrogen and oxygen atoms in total. The Morgan fingerprint density at radius 1 is 1.29 bits per heavy atom. The molecule has 0 aliphatic heterocycles. The topological polar surface area (TPSA) is 49.4 Å². The number of carbonyl (C=O) groups excluding carboxylic acids is 2. The molecule has 0 unspecified atom stereocenters. The normalized spacial score (nSPS) is 15.4. The average molecular weight is 309 g/mol. The van der Waals surface area contributed by atoms with Gasteiger partial charge in [0.15, 0.2) is 0 Å². The summed E-state index contributed by atoms with van der Waals surface area (Å²) in [4.78, 5) is 26.6. The third kappa shape index (κ3) is 3.56. The van der Waals surface area contributed by atoms with Gasteiger partial charge >= 0.3 is 0 Å². The van der Waals surface area contributed by atoms with E-state index in [4.69, 9.17) is 11.6 Å². The van der Waals surface area contributed by atoms with Crippen LogP contribution in [0.1, 0.15) is 32.6 Å². The zero-order valence-corrected chi connectivity index (χ0v) is 13.2. The summed E-state index contributed by atoms with van der Waals surface area (Å²) in [5.41, 5.74) is -0.193. The molecule has 5 heteroatoms.